The summed E-state index contributed by atoms with van der Waals surface area (Å²) in [5, 5.41) is 3.78. The smallest absolute Gasteiger partial charge is 0.258 e. The monoisotopic (exact) mass is 356 g/mol. The van der Waals surface area contributed by atoms with Crippen molar-refractivity contribution in [1.29, 1.82) is 0 Å². The summed E-state index contributed by atoms with van der Waals surface area (Å²) in [4.78, 5) is 16.7. The molecule has 1 amide bonds. The first-order valence-electron chi connectivity index (χ1n) is 7.86. The van der Waals surface area contributed by atoms with Crippen molar-refractivity contribution >= 4 is 27.5 Å². The number of carbonyl (C=O) groups excluding carboxylic acids is 1. The summed E-state index contributed by atoms with van der Waals surface area (Å²) in [6.45, 7) is 2.05. The van der Waals surface area contributed by atoms with Crippen molar-refractivity contribution < 1.29 is 19.0 Å². The number of benzene rings is 2. The minimum atomic E-state index is -0.204. The molecule has 0 aliphatic carbocycles. The van der Waals surface area contributed by atoms with Crippen LogP contribution >= 0.6 is 11.3 Å². The highest BCUT2D eigenvalue weighted by molar-refractivity contribution is 7.18. The van der Waals surface area contributed by atoms with Crippen LogP contribution in [0.15, 0.2) is 42.5 Å². The molecule has 2 heterocycles. The normalized spacial score (nSPS) is 13.6. The van der Waals surface area contributed by atoms with Gasteiger partial charge in [-0.3, -0.25) is 4.79 Å². The van der Waals surface area contributed by atoms with E-state index in [-0.39, 0.29) is 25.3 Å². The van der Waals surface area contributed by atoms with Crippen LogP contribution in [0.1, 0.15) is 18.0 Å². The molecular formula is C18H16N2O4S. The van der Waals surface area contributed by atoms with Gasteiger partial charge in [-0.25, -0.2) is 4.98 Å². The van der Waals surface area contributed by atoms with E-state index >= 15 is 0 Å². The Balaban J connectivity index is 1.35. The number of thiazole rings is 1. The molecule has 6 nitrogen and oxygen atoms in total. The first kappa shape index (κ1) is 15.7. The average molecular weight is 356 g/mol. The Morgan fingerprint density at radius 1 is 1.28 bits per heavy atom. The zero-order chi connectivity index (χ0) is 17.2. The molecular weight excluding hydrogens is 340 g/mol. The summed E-state index contributed by atoms with van der Waals surface area (Å²) in [7, 11) is 0. The predicted molar refractivity (Wildman–Crippen MR) is 94.2 cm³/mol. The maximum Gasteiger partial charge on any atom is 0.258 e. The van der Waals surface area contributed by atoms with Crippen molar-refractivity contribution in [3.05, 3.63) is 47.5 Å². The first-order valence-corrected chi connectivity index (χ1v) is 8.68. The van der Waals surface area contributed by atoms with E-state index in [1.54, 1.807) is 29.5 Å². The van der Waals surface area contributed by atoms with Gasteiger partial charge >= 0.3 is 0 Å². The van der Waals surface area contributed by atoms with E-state index in [0.29, 0.717) is 17.2 Å². The van der Waals surface area contributed by atoms with E-state index < -0.39 is 0 Å². The Morgan fingerprint density at radius 2 is 2.12 bits per heavy atom. The lowest BCUT2D eigenvalue weighted by atomic mass is 10.3. The molecule has 0 spiro atoms. The molecule has 0 bridgehead atoms. The maximum atomic E-state index is 12.1. The minimum Gasteiger partial charge on any atom is -0.484 e. The second-order valence-electron chi connectivity index (χ2n) is 5.61. The Morgan fingerprint density at radius 3 is 3.00 bits per heavy atom. The van der Waals surface area contributed by atoms with Gasteiger partial charge in [-0.15, -0.1) is 11.3 Å². The minimum absolute atomic E-state index is 0.0745. The molecule has 1 N–H and O–H groups in total. The molecule has 1 aromatic heterocycles. The number of ether oxygens (including phenoxy) is 3. The van der Waals surface area contributed by atoms with Crippen molar-refractivity contribution in [2.45, 2.75) is 13.0 Å². The Hall–Kier alpha value is -2.80. The van der Waals surface area contributed by atoms with Crippen LogP contribution in [0.3, 0.4) is 0 Å². The van der Waals surface area contributed by atoms with Crippen molar-refractivity contribution in [2.24, 2.45) is 0 Å². The summed E-state index contributed by atoms with van der Waals surface area (Å²) < 4.78 is 17.2. The first-order chi connectivity index (χ1) is 12.2. The summed E-state index contributed by atoms with van der Waals surface area (Å²) in [5.41, 5.74) is 0.945. The zero-order valence-corrected chi connectivity index (χ0v) is 14.3. The van der Waals surface area contributed by atoms with Gasteiger partial charge in [0, 0.05) is 6.07 Å². The van der Waals surface area contributed by atoms with Gasteiger partial charge in [0.1, 0.15) is 10.8 Å². The Labute approximate surface area is 148 Å². The standard InChI is InChI=1S/C18H16N2O4S/c1-11(18-20-13-4-2-3-5-16(13)25-18)19-17(21)9-22-12-6-7-14-15(8-12)24-10-23-14/h2-8,11H,9-10H2,1H3,(H,19,21)/t11-/m0/s1. The second-order valence-corrected chi connectivity index (χ2v) is 6.67. The second kappa shape index (κ2) is 6.60. The number of hydrogen-bond donors (Lipinski definition) is 1. The number of para-hydroxylation sites is 1. The molecule has 1 aliphatic heterocycles. The molecule has 25 heavy (non-hydrogen) atoms. The molecule has 7 heteroatoms. The molecule has 4 rings (SSSR count). The predicted octanol–water partition coefficient (Wildman–Crippen LogP) is 3.28. The zero-order valence-electron chi connectivity index (χ0n) is 13.5. The van der Waals surface area contributed by atoms with Gasteiger partial charge in [-0.1, -0.05) is 12.1 Å². The topological polar surface area (TPSA) is 69.7 Å². The summed E-state index contributed by atoms with van der Waals surface area (Å²) in [6.07, 6.45) is 0. The SMILES string of the molecule is C[C@H](NC(=O)COc1ccc2c(c1)OCO2)c1nc2ccccc2s1. The third-order valence-corrected chi connectivity index (χ3v) is 4.99. The molecule has 0 unspecified atom stereocenters. The van der Waals surface area contributed by atoms with Crippen LogP contribution in [-0.2, 0) is 4.79 Å². The van der Waals surface area contributed by atoms with E-state index in [2.05, 4.69) is 10.3 Å². The summed E-state index contributed by atoms with van der Waals surface area (Å²) in [6, 6.07) is 13.0. The Kier molecular flexibility index (Phi) is 4.15. The third-order valence-electron chi connectivity index (χ3n) is 3.77. The van der Waals surface area contributed by atoms with Crippen LogP contribution in [0.2, 0.25) is 0 Å². The van der Waals surface area contributed by atoms with Crippen molar-refractivity contribution in [1.82, 2.24) is 10.3 Å². The van der Waals surface area contributed by atoms with Crippen LogP contribution in [0.25, 0.3) is 10.2 Å². The highest BCUT2D eigenvalue weighted by Crippen LogP contribution is 2.35. The van der Waals surface area contributed by atoms with E-state index in [9.17, 15) is 4.79 Å². The van der Waals surface area contributed by atoms with Gasteiger partial charge in [0.15, 0.2) is 18.1 Å². The average Bonchev–Trinajstić information content (AvgIpc) is 3.25. The summed E-state index contributed by atoms with van der Waals surface area (Å²) in [5.74, 6) is 1.67. The van der Waals surface area contributed by atoms with Crippen molar-refractivity contribution in [3.8, 4) is 17.2 Å². The van der Waals surface area contributed by atoms with E-state index in [4.69, 9.17) is 14.2 Å². The van der Waals surface area contributed by atoms with Gasteiger partial charge in [-0.2, -0.15) is 0 Å². The molecule has 1 aliphatic rings. The van der Waals surface area contributed by atoms with Gasteiger partial charge in [0.05, 0.1) is 16.3 Å². The number of carbonyl (C=O) groups is 1. The molecule has 0 saturated heterocycles. The molecule has 1 atom stereocenters. The molecule has 128 valence electrons. The van der Waals surface area contributed by atoms with Gasteiger partial charge in [0.2, 0.25) is 6.79 Å². The third kappa shape index (κ3) is 3.36. The van der Waals surface area contributed by atoms with Gasteiger partial charge < -0.3 is 19.5 Å². The number of amides is 1. The maximum absolute atomic E-state index is 12.1. The van der Waals surface area contributed by atoms with Crippen LogP contribution < -0.4 is 19.5 Å². The van der Waals surface area contributed by atoms with E-state index in [1.807, 2.05) is 31.2 Å². The number of fused-ring (bicyclic) bond motifs is 2. The number of hydrogen-bond acceptors (Lipinski definition) is 6. The lowest BCUT2D eigenvalue weighted by molar-refractivity contribution is -0.123. The van der Waals surface area contributed by atoms with Gasteiger partial charge in [0.25, 0.3) is 5.91 Å². The lowest BCUT2D eigenvalue weighted by Gasteiger charge is -2.12. The molecule has 0 fully saturated rings. The largest absolute Gasteiger partial charge is 0.484 e. The number of nitrogens with zero attached hydrogens (tertiary/aromatic N) is 1. The van der Waals surface area contributed by atoms with Crippen molar-refractivity contribution in [2.75, 3.05) is 13.4 Å². The molecule has 0 saturated carbocycles. The molecule has 2 aromatic carbocycles. The fourth-order valence-corrected chi connectivity index (χ4v) is 3.51. The number of aromatic nitrogens is 1. The lowest BCUT2D eigenvalue weighted by Crippen LogP contribution is -2.31. The van der Waals surface area contributed by atoms with Crippen LogP contribution in [0, 0.1) is 0 Å². The molecule has 3 aromatic rings. The van der Waals surface area contributed by atoms with Crippen LogP contribution in [-0.4, -0.2) is 24.3 Å². The molecule has 0 radical (unpaired) electrons. The number of rotatable bonds is 5. The fourth-order valence-electron chi connectivity index (χ4n) is 2.54. The highest BCUT2D eigenvalue weighted by Gasteiger charge is 2.16. The van der Waals surface area contributed by atoms with Crippen LogP contribution in [0.5, 0.6) is 17.2 Å². The highest BCUT2D eigenvalue weighted by atomic mass is 32.1. The quantitative estimate of drug-likeness (QED) is 0.760. The van der Waals surface area contributed by atoms with E-state index in [0.717, 1.165) is 15.2 Å². The summed E-state index contributed by atoms with van der Waals surface area (Å²) >= 11 is 1.58. The van der Waals surface area contributed by atoms with Crippen molar-refractivity contribution in [3.63, 3.8) is 0 Å². The van der Waals surface area contributed by atoms with Gasteiger partial charge in [-0.05, 0) is 31.2 Å². The van der Waals surface area contributed by atoms with E-state index in [1.165, 1.54) is 0 Å². The Bertz CT molecular complexity index is 891. The number of nitrogens with one attached hydrogen (secondary N) is 1. The fraction of sp³-hybridized carbons (Fsp3) is 0.222. The van der Waals surface area contributed by atoms with Crippen LogP contribution in [0.4, 0.5) is 0 Å².